The number of benzene rings is 1. The molecule has 1 fully saturated rings. The Labute approximate surface area is 193 Å². The van der Waals surface area contributed by atoms with E-state index in [-0.39, 0.29) is 17.6 Å². The summed E-state index contributed by atoms with van der Waals surface area (Å²) in [6, 6.07) is 16.5. The minimum atomic E-state index is -0.185. The summed E-state index contributed by atoms with van der Waals surface area (Å²) in [5.74, 6) is 2.21. The number of hydrogen-bond acceptors (Lipinski definition) is 5. The molecule has 0 saturated carbocycles. The number of rotatable bonds is 5. The fourth-order valence-corrected chi connectivity index (χ4v) is 4.89. The molecule has 1 amide bonds. The van der Waals surface area contributed by atoms with Crippen molar-refractivity contribution in [1.29, 1.82) is 0 Å². The number of nitrogens with one attached hydrogen (secondary N) is 1. The van der Waals surface area contributed by atoms with Gasteiger partial charge in [-0.15, -0.1) is 0 Å². The van der Waals surface area contributed by atoms with E-state index in [9.17, 15) is 9.59 Å². The predicted octanol–water partition coefficient (Wildman–Crippen LogP) is 3.91. The second-order valence-corrected chi connectivity index (χ2v) is 9.15. The standard InChI is InChI=1S/C26H28N4O3/c1-17(2)33-22-9-6-19(7-10-22)26(32)28-21-8-11-24(27-13-21)29-14-18-12-20(16-29)23-4-3-5-25(31)30(23)15-18/h3-11,13,17-18,20H,12,14-16H2,1-2H3,(H,28,32)/t18-,20+/m0/s1. The molecule has 0 unspecified atom stereocenters. The van der Waals surface area contributed by atoms with Crippen molar-refractivity contribution in [3.63, 3.8) is 0 Å². The SMILES string of the molecule is CC(C)Oc1ccc(C(=O)Nc2ccc(N3C[C@@H]4C[C@H](C3)c3cccc(=O)n3C4)nc2)cc1. The van der Waals surface area contributed by atoms with Gasteiger partial charge in [-0.2, -0.15) is 0 Å². The Kier molecular flexibility index (Phi) is 5.62. The van der Waals surface area contributed by atoms with Crippen molar-refractivity contribution in [3.05, 3.63) is 82.4 Å². The first-order valence-corrected chi connectivity index (χ1v) is 11.4. The summed E-state index contributed by atoms with van der Waals surface area (Å²) in [6.45, 7) is 6.41. The second-order valence-electron chi connectivity index (χ2n) is 9.15. The van der Waals surface area contributed by atoms with E-state index >= 15 is 0 Å². The quantitative estimate of drug-likeness (QED) is 0.646. The molecule has 0 radical (unpaired) electrons. The Morgan fingerprint density at radius 1 is 1.06 bits per heavy atom. The molecule has 0 spiro atoms. The number of pyridine rings is 2. The molecule has 7 nitrogen and oxygen atoms in total. The lowest BCUT2D eigenvalue weighted by atomic mass is 9.83. The van der Waals surface area contributed by atoms with E-state index in [1.807, 2.05) is 36.6 Å². The van der Waals surface area contributed by atoms with E-state index in [1.54, 1.807) is 36.5 Å². The number of piperidine rings is 1. The smallest absolute Gasteiger partial charge is 0.255 e. The number of ether oxygens (including phenoxy) is 1. The van der Waals surface area contributed by atoms with Crippen LogP contribution in [0, 0.1) is 5.92 Å². The van der Waals surface area contributed by atoms with Crippen LogP contribution in [-0.4, -0.2) is 34.7 Å². The summed E-state index contributed by atoms with van der Waals surface area (Å²) < 4.78 is 7.56. The number of hydrogen-bond donors (Lipinski definition) is 1. The third-order valence-corrected chi connectivity index (χ3v) is 6.30. The van der Waals surface area contributed by atoms with E-state index in [1.165, 1.54) is 0 Å². The third-order valence-electron chi connectivity index (χ3n) is 6.30. The van der Waals surface area contributed by atoms with Crippen LogP contribution in [-0.2, 0) is 6.54 Å². The van der Waals surface area contributed by atoms with Gasteiger partial charge in [0, 0.05) is 42.9 Å². The predicted molar refractivity (Wildman–Crippen MR) is 128 cm³/mol. The largest absolute Gasteiger partial charge is 0.491 e. The van der Waals surface area contributed by atoms with Crippen molar-refractivity contribution in [2.45, 2.75) is 38.8 Å². The average molecular weight is 445 g/mol. The monoisotopic (exact) mass is 444 g/mol. The van der Waals surface area contributed by atoms with Gasteiger partial charge in [0.1, 0.15) is 11.6 Å². The van der Waals surface area contributed by atoms with Crippen molar-refractivity contribution in [2.75, 3.05) is 23.3 Å². The molecule has 7 heteroatoms. The minimum Gasteiger partial charge on any atom is -0.491 e. The van der Waals surface area contributed by atoms with Crippen molar-refractivity contribution >= 4 is 17.4 Å². The van der Waals surface area contributed by atoms with Crippen LogP contribution in [0.25, 0.3) is 0 Å². The van der Waals surface area contributed by atoms with Crippen molar-refractivity contribution in [2.24, 2.45) is 5.92 Å². The van der Waals surface area contributed by atoms with Crippen LogP contribution >= 0.6 is 0 Å². The van der Waals surface area contributed by atoms with Crippen molar-refractivity contribution in [3.8, 4) is 5.75 Å². The van der Waals surface area contributed by atoms with E-state index in [0.29, 0.717) is 23.1 Å². The fraction of sp³-hybridized carbons (Fsp3) is 0.346. The molecule has 1 N–H and O–H groups in total. The van der Waals surface area contributed by atoms with E-state index < -0.39 is 0 Å². The molecule has 1 aromatic carbocycles. The van der Waals surface area contributed by atoms with Crippen LogP contribution in [0.2, 0.25) is 0 Å². The van der Waals surface area contributed by atoms with Gasteiger partial charge in [0.25, 0.3) is 11.5 Å². The topological polar surface area (TPSA) is 76.5 Å². The first kappa shape index (κ1) is 21.2. The molecule has 0 aliphatic carbocycles. The van der Waals surface area contributed by atoms with Gasteiger partial charge in [0.2, 0.25) is 0 Å². The molecule has 3 aromatic rings. The molecule has 33 heavy (non-hydrogen) atoms. The number of carbonyl (C=O) groups is 1. The highest BCUT2D eigenvalue weighted by Crippen LogP contribution is 2.36. The minimum absolute atomic E-state index is 0.0893. The molecule has 2 aliphatic heterocycles. The Hall–Kier alpha value is -3.61. The molecule has 2 atom stereocenters. The molecular formula is C26H28N4O3. The molecule has 1 saturated heterocycles. The number of aromatic nitrogens is 2. The van der Waals surface area contributed by atoms with Gasteiger partial charge in [0.05, 0.1) is 18.0 Å². The van der Waals surface area contributed by atoms with Gasteiger partial charge in [-0.25, -0.2) is 4.98 Å². The van der Waals surface area contributed by atoms with Crippen LogP contribution in [0.4, 0.5) is 11.5 Å². The Balaban J connectivity index is 1.25. The van der Waals surface area contributed by atoms with Crippen LogP contribution in [0.15, 0.2) is 65.6 Å². The number of nitrogens with zero attached hydrogens (tertiary/aromatic N) is 3. The maximum Gasteiger partial charge on any atom is 0.255 e. The lowest BCUT2D eigenvalue weighted by Gasteiger charge is -2.43. The highest BCUT2D eigenvalue weighted by atomic mass is 16.5. The first-order valence-electron chi connectivity index (χ1n) is 11.4. The van der Waals surface area contributed by atoms with Crippen LogP contribution in [0.1, 0.15) is 42.2 Å². The lowest BCUT2D eigenvalue weighted by Crippen LogP contribution is -2.47. The summed E-state index contributed by atoms with van der Waals surface area (Å²) in [4.78, 5) is 31.7. The average Bonchev–Trinajstić information content (AvgIpc) is 2.80. The summed E-state index contributed by atoms with van der Waals surface area (Å²) in [7, 11) is 0. The molecule has 170 valence electrons. The van der Waals surface area contributed by atoms with Gasteiger partial charge >= 0.3 is 0 Å². The van der Waals surface area contributed by atoms with Gasteiger partial charge in [-0.3, -0.25) is 9.59 Å². The third kappa shape index (κ3) is 4.49. The van der Waals surface area contributed by atoms with Crippen LogP contribution in [0.5, 0.6) is 5.75 Å². The zero-order valence-electron chi connectivity index (χ0n) is 18.9. The van der Waals surface area contributed by atoms with E-state index in [2.05, 4.69) is 21.3 Å². The van der Waals surface area contributed by atoms with Crippen molar-refractivity contribution < 1.29 is 9.53 Å². The van der Waals surface area contributed by atoms with E-state index in [4.69, 9.17) is 4.74 Å². The van der Waals surface area contributed by atoms with Crippen molar-refractivity contribution in [1.82, 2.24) is 9.55 Å². The molecule has 2 aromatic heterocycles. The summed E-state index contributed by atoms with van der Waals surface area (Å²) in [5, 5.41) is 2.91. The van der Waals surface area contributed by atoms with E-state index in [0.717, 1.165) is 43.3 Å². The summed E-state index contributed by atoms with van der Waals surface area (Å²) >= 11 is 0. The zero-order valence-corrected chi connectivity index (χ0v) is 18.9. The van der Waals surface area contributed by atoms with Gasteiger partial charge in [0.15, 0.2) is 0 Å². The maximum absolute atomic E-state index is 12.6. The zero-order chi connectivity index (χ0) is 22.9. The fourth-order valence-electron chi connectivity index (χ4n) is 4.89. The Morgan fingerprint density at radius 3 is 2.61 bits per heavy atom. The second kappa shape index (κ2) is 8.73. The highest BCUT2D eigenvalue weighted by molar-refractivity contribution is 6.04. The number of anilines is 2. The summed E-state index contributed by atoms with van der Waals surface area (Å²) in [5.41, 5.74) is 2.43. The molecular weight excluding hydrogens is 416 g/mol. The van der Waals surface area contributed by atoms with Gasteiger partial charge in [-0.05, 0) is 68.7 Å². The molecule has 2 bridgehead atoms. The lowest BCUT2D eigenvalue weighted by molar-refractivity contribution is 0.102. The molecule has 5 rings (SSSR count). The number of carbonyl (C=O) groups excluding carboxylic acids is 1. The van der Waals surface area contributed by atoms with Crippen LogP contribution in [0.3, 0.4) is 0 Å². The van der Waals surface area contributed by atoms with Crippen LogP contribution < -0.4 is 20.5 Å². The Bertz CT molecular complexity index is 1200. The van der Waals surface area contributed by atoms with Gasteiger partial charge < -0.3 is 19.5 Å². The summed E-state index contributed by atoms with van der Waals surface area (Å²) in [6.07, 6.45) is 2.90. The molecule has 4 heterocycles. The highest BCUT2D eigenvalue weighted by Gasteiger charge is 2.34. The molecule has 2 aliphatic rings. The maximum atomic E-state index is 12.6. The normalized spacial score (nSPS) is 19.2. The number of amides is 1. The number of fused-ring (bicyclic) bond motifs is 4. The Morgan fingerprint density at radius 2 is 1.88 bits per heavy atom. The first-order chi connectivity index (χ1) is 16.0. The van der Waals surface area contributed by atoms with Gasteiger partial charge in [-0.1, -0.05) is 6.07 Å².